The van der Waals surface area contributed by atoms with Crippen LogP contribution in [0.15, 0.2) is 18.3 Å². The highest BCUT2D eigenvalue weighted by Crippen LogP contribution is 2.39. The van der Waals surface area contributed by atoms with Crippen LogP contribution in [0, 0.1) is 17.2 Å². The summed E-state index contributed by atoms with van der Waals surface area (Å²) >= 11 is 0. The predicted molar refractivity (Wildman–Crippen MR) is 106 cm³/mol. The van der Waals surface area contributed by atoms with Gasteiger partial charge < -0.3 is 14.5 Å². The zero-order valence-electron chi connectivity index (χ0n) is 16.6. The number of hydrogen-bond acceptors (Lipinski definition) is 6. The van der Waals surface area contributed by atoms with E-state index in [9.17, 15) is 10.1 Å². The highest BCUT2D eigenvalue weighted by molar-refractivity contribution is 5.69. The summed E-state index contributed by atoms with van der Waals surface area (Å²) < 4.78 is 5.26. The summed E-state index contributed by atoms with van der Waals surface area (Å²) in [5.74, 6) is 1.46. The van der Waals surface area contributed by atoms with E-state index in [1.54, 1.807) is 6.20 Å². The fourth-order valence-corrected chi connectivity index (χ4v) is 5.18. The molecule has 3 aliphatic rings. The van der Waals surface area contributed by atoms with Crippen molar-refractivity contribution in [3.63, 3.8) is 0 Å². The van der Waals surface area contributed by atoms with Gasteiger partial charge in [0.15, 0.2) is 0 Å². The summed E-state index contributed by atoms with van der Waals surface area (Å²) in [7, 11) is 0. The Balaban J connectivity index is 1.29. The summed E-state index contributed by atoms with van der Waals surface area (Å²) in [6.45, 7) is 7.22. The lowest BCUT2D eigenvalue weighted by Gasteiger charge is -2.42. The lowest BCUT2D eigenvalue weighted by molar-refractivity contribution is 0.0526. The third-order valence-corrected chi connectivity index (χ3v) is 6.40. The molecule has 3 fully saturated rings. The molecule has 28 heavy (non-hydrogen) atoms. The highest BCUT2D eigenvalue weighted by Gasteiger charge is 2.44. The fourth-order valence-electron chi connectivity index (χ4n) is 5.18. The smallest absolute Gasteiger partial charge is 0.410 e. The van der Waals surface area contributed by atoms with Crippen LogP contribution >= 0.6 is 0 Å². The van der Waals surface area contributed by atoms with Crippen molar-refractivity contribution in [2.24, 2.45) is 5.92 Å². The van der Waals surface area contributed by atoms with Crippen molar-refractivity contribution >= 4 is 11.9 Å². The Morgan fingerprint density at radius 3 is 2.61 bits per heavy atom. The number of aromatic nitrogens is 1. The monoisotopic (exact) mass is 383 g/mol. The SMILES string of the molecule is CCOC(=O)N1C2CCC1CC(CN1CCN(c3ncccc3C#N)CC1)C2. The zero-order valence-corrected chi connectivity index (χ0v) is 16.6. The normalized spacial score (nSPS) is 27.5. The van der Waals surface area contributed by atoms with Crippen LogP contribution in [0.5, 0.6) is 0 Å². The number of fused-ring (bicyclic) bond motifs is 2. The first-order chi connectivity index (χ1) is 13.7. The van der Waals surface area contributed by atoms with E-state index in [1.165, 1.54) is 0 Å². The number of pyridine rings is 1. The second-order valence-corrected chi connectivity index (χ2v) is 8.10. The first kappa shape index (κ1) is 19.0. The number of carbonyl (C=O) groups excluding carboxylic acids is 1. The van der Waals surface area contributed by atoms with Gasteiger partial charge in [0.05, 0.1) is 12.2 Å². The molecule has 7 nitrogen and oxygen atoms in total. The van der Waals surface area contributed by atoms with E-state index in [1.807, 2.05) is 24.0 Å². The van der Waals surface area contributed by atoms with Gasteiger partial charge >= 0.3 is 6.09 Å². The second-order valence-electron chi connectivity index (χ2n) is 8.10. The highest BCUT2D eigenvalue weighted by atomic mass is 16.6. The zero-order chi connectivity index (χ0) is 19.5. The maximum absolute atomic E-state index is 12.2. The Labute approximate surface area is 166 Å². The summed E-state index contributed by atoms with van der Waals surface area (Å²) in [5, 5.41) is 9.30. The van der Waals surface area contributed by atoms with Crippen LogP contribution in [0.4, 0.5) is 10.6 Å². The predicted octanol–water partition coefficient (Wildman–Crippen LogP) is 2.47. The Morgan fingerprint density at radius 2 is 1.96 bits per heavy atom. The third kappa shape index (κ3) is 3.79. The molecule has 2 atom stereocenters. The van der Waals surface area contributed by atoms with Crippen LogP contribution in [-0.2, 0) is 4.74 Å². The number of amides is 1. The molecular weight excluding hydrogens is 354 g/mol. The number of piperidine rings is 1. The van der Waals surface area contributed by atoms with Gasteiger partial charge in [-0.1, -0.05) is 0 Å². The van der Waals surface area contributed by atoms with Gasteiger partial charge in [-0.25, -0.2) is 9.78 Å². The molecule has 4 heterocycles. The number of carbonyl (C=O) groups is 1. The minimum Gasteiger partial charge on any atom is -0.450 e. The van der Waals surface area contributed by atoms with Crippen molar-refractivity contribution in [2.45, 2.75) is 44.7 Å². The van der Waals surface area contributed by atoms with Gasteiger partial charge in [-0.05, 0) is 50.7 Å². The molecule has 1 aromatic rings. The summed E-state index contributed by atoms with van der Waals surface area (Å²) in [4.78, 5) is 23.4. The van der Waals surface area contributed by atoms with Crippen molar-refractivity contribution in [2.75, 3.05) is 44.2 Å². The van der Waals surface area contributed by atoms with E-state index in [2.05, 4.69) is 20.9 Å². The molecule has 4 rings (SSSR count). The van der Waals surface area contributed by atoms with Crippen LogP contribution < -0.4 is 4.90 Å². The molecule has 1 amide bonds. The maximum atomic E-state index is 12.2. The van der Waals surface area contributed by atoms with E-state index in [0.29, 0.717) is 30.2 Å². The number of nitriles is 1. The lowest BCUT2D eigenvalue weighted by atomic mass is 9.90. The molecule has 0 N–H and O–H groups in total. The maximum Gasteiger partial charge on any atom is 0.410 e. The van der Waals surface area contributed by atoms with Gasteiger partial charge in [0.2, 0.25) is 0 Å². The fraction of sp³-hybridized carbons (Fsp3) is 0.667. The number of rotatable bonds is 4. The van der Waals surface area contributed by atoms with Gasteiger partial charge in [-0.2, -0.15) is 5.26 Å². The molecular formula is C21H29N5O2. The first-order valence-corrected chi connectivity index (χ1v) is 10.5. The standard InChI is InChI=1S/C21H29N5O2/c1-2-28-21(27)26-18-5-6-19(26)13-16(12-18)15-24-8-10-25(11-9-24)20-17(14-22)4-3-7-23-20/h3-4,7,16,18-19H,2,5-6,8-13,15H2,1H3. The quantitative estimate of drug-likeness (QED) is 0.795. The van der Waals surface area contributed by atoms with Crippen molar-refractivity contribution < 1.29 is 9.53 Å². The van der Waals surface area contributed by atoms with E-state index in [0.717, 1.165) is 64.2 Å². The number of hydrogen-bond donors (Lipinski definition) is 0. The Morgan fingerprint density at radius 1 is 1.25 bits per heavy atom. The average molecular weight is 383 g/mol. The van der Waals surface area contributed by atoms with Crippen molar-refractivity contribution in [1.29, 1.82) is 5.26 Å². The van der Waals surface area contributed by atoms with Crippen LogP contribution in [0.3, 0.4) is 0 Å². The Bertz CT molecular complexity index is 727. The summed E-state index contributed by atoms with van der Waals surface area (Å²) in [6.07, 6.45) is 6.05. The molecule has 1 aromatic heterocycles. The summed E-state index contributed by atoms with van der Waals surface area (Å²) in [6, 6.07) is 6.61. The van der Waals surface area contributed by atoms with Crippen molar-refractivity contribution in [3.8, 4) is 6.07 Å². The molecule has 0 saturated carbocycles. The minimum atomic E-state index is -0.120. The van der Waals surface area contributed by atoms with Gasteiger partial charge in [0.1, 0.15) is 11.9 Å². The van der Waals surface area contributed by atoms with Gasteiger partial charge in [-0.3, -0.25) is 4.90 Å². The average Bonchev–Trinajstić information content (AvgIpc) is 2.99. The molecule has 2 unspecified atom stereocenters. The first-order valence-electron chi connectivity index (χ1n) is 10.5. The number of ether oxygens (including phenoxy) is 1. The van der Waals surface area contributed by atoms with Crippen LogP contribution in [0.1, 0.15) is 38.2 Å². The van der Waals surface area contributed by atoms with Crippen molar-refractivity contribution in [3.05, 3.63) is 23.9 Å². The molecule has 2 bridgehead atoms. The molecule has 0 aliphatic carbocycles. The number of piperazine rings is 1. The second kappa shape index (κ2) is 8.36. The molecule has 0 spiro atoms. The molecule has 3 saturated heterocycles. The Hall–Kier alpha value is -2.33. The molecule has 3 aliphatic heterocycles. The van der Waals surface area contributed by atoms with Gasteiger partial charge in [0, 0.05) is 51.0 Å². The molecule has 0 aromatic carbocycles. The van der Waals surface area contributed by atoms with Gasteiger partial charge in [-0.15, -0.1) is 0 Å². The molecule has 150 valence electrons. The largest absolute Gasteiger partial charge is 0.450 e. The van der Waals surface area contributed by atoms with Gasteiger partial charge in [0.25, 0.3) is 0 Å². The summed E-state index contributed by atoms with van der Waals surface area (Å²) in [5.41, 5.74) is 0.652. The van der Waals surface area contributed by atoms with Crippen LogP contribution in [0.25, 0.3) is 0 Å². The molecule has 7 heteroatoms. The van der Waals surface area contributed by atoms with Crippen LogP contribution in [-0.4, -0.2) is 72.3 Å². The number of anilines is 1. The Kier molecular flexibility index (Phi) is 5.67. The van der Waals surface area contributed by atoms with E-state index < -0.39 is 0 Å². The minimum absolute atomic E-state index is 0.120. The number of nitrogens with zero attached hydrogens (tertiary/aromatic N) is 5. The van der Waals surface area contributed by atoms with Crippen LogP contribution in [0.2, 0.25) is 0 Å². The van der Waals surface area contributed by atoms with E-state index in [-0.39, 0.29) is 6.09 Å². The topological polar surface area (TPSA) is 72.7 Å². The van der Waals surface area contributed by atoms with E-state index in [4.69, 9.17) is 4.74 Å². The third-order valence-electron chi connectivity index (χ3n) is 6.40. The van der Waals surface area contributed by atoms with E-state index >= 15 is 0 Å². The lowest BCUT2D eigenvalue weighted by Crippen LogP contribution is -2.51. The molecule has 0 radical (unpaired) electrons. The van der Waals surface area contributed by atoms with Crippen molar-refractivity contribution in [1.82, 2.24) is 14.8 Å².